The average Bonchev–Trinajstić information content (AvgIpc) is 3.12. The highest BCUT2D eigenvalue weighted by Crippen LogP contribution is 2.12. The SMILES string of the molecule is Cc1[nH]cnc1CC(=O)Nc1ccc(-n2nccn2)cc1. The van der Waals surface area contributed by atoms with E-state index >= 15 is 0 Å². The second kappa shape index (κ2) is 5.58. The third-order valence-corrected chi connectivity index (χ3v) is 3.06. The number of aryl methyl sites for hydroxylation is 1. The molecule has 1 aromatic carbocycles. The van der Waals surface area contributed by atoms with Crippen LogP contribution in [0.5, 0.6) is 0 Å². The number of nitrogens with one attached hydrogen (secondary N) is 2. The number of carbonyl (C=O) groups excluding carboxylic acids is 1. The first-order valence-corrected chi connectivity index (χ1v) is 6.48. The van der Waals surface area contributed by atoms with E-state index in [-0.39, 0.29) is 12.3 Å². The Hall–Kier alpha value is -2.96. The molecule has 0 atom stereocenters. The number of hydrogen-bond acceptors (Lipinski definition) is 4. The molecule has 7 nitrogen and oxygen atoms in total. The normalized spacial score (nSPS) is 10.5. The number of amides is 1. The van der Waals surface area contributed by atoms with Crippen LogP contribution in [-0.2, 0) is 11.2 Å². The zero-order valence-corrected chi connectivity index (χ0v) is 11.4. The summed E-state index contributed by atoms with van der Waals surface area (Å²) >= 11 is 0. The molecule has 0 radical (unpaired) electrons. The van der Waals surface area contributed by atoms with Gasteiger partial charge >= 0.3 is 0 Å². The summed E-state index contributed by atoms with van der Waals surface area (Å²) in [5.74, 6) is -0.102. The minimum Gasteiger partial charge on any atom is -0.348 e. The van der Waals surface area contributed by atoms with E-state index in [1.54, 1.807) is 18.7 Å². The van der Waals surface area contributed by atoms with Gasteiger partial charge in [-0.2, -0.15) is 15.0 Å². The van der Waals surface area contributed by atoms with Gasteiger partial charge in [0.15, 0.2) is 0 Å². The number of anilines is 1. The molecule has 0 bridgehead atoms. The van der Waals surface area contributed by atoms with Crippen LogP contribution in [0.15, 0.2) is 43.0 Å². The average molecular weight is 282 g/mol. The number of hydrogen-bond donors (Lipinski definition) is 2. The Balaban J connectivity index is 1.65. The molecule has 3 rings (SSSR count). The first-order chi connectivity index (χ1) is 10.2. The first-order valence-electron chi connectivity index (χ1n) is 6.48. The van der Waals surface area contributed by atoms with Gasteiger partial charge in [0.25, 0.3) is 0 Å². The third-order valence-electron chi connectivity index (χ3n) is 3.06. The van der Waals surface area contributed by atoms with Crippen LogP contribution >= 0.6 is 0 Å². The molecule has 3 aromatic rings. The second-order valence-electron chi connectivity index (χ2n) is 4.56. The Bertz CT molecular complexity index is 729. The molecule has 106 valence electrons. The van der Waals surface area contributed by atoms with Crippen LogP contribution < -0.4 is 5.32 Å². The van der Waals surface area contributed by atoms with Crippen molar-refractivity contribution < 1.29 is 4.79 Å². The summed E-state index contributed by atoms with van der Waals surface area (Å²) in [6.45, 7) is 1.89. The van der Waals surface area contributed by atoms with Crippen molar-refractivity contribution in [2.75, 3.05) is 5.32 Å². The quantitative estimate of drug-likeness (QED) is 0.758. The van der Waals surface area contributed by atoms with Crippen molar-refractivity contribution in [3.8, 4) is 5.69 Å². The molecule has 0 spiro atoms. The number of aromatic nitrogens is 5. The minimum absolute atomic E-state index is 0.102. The summed E-state index contributed by atoms with van der Waals surface area (Å²) in [6.07, 6.45) is 5.06. The maximum atomic E-state index is 12.0. The molecule has 0 saturated heterocycles. The zero-order valence-electron chi connectivity index (χ0n) is 11.4. The predicted molar refractivity (Wildman–Crippen MR) is 77.0 cm³/mol. The van der Waals surface area contributed by atoms with Crippen molar-refractivity contribution >= 4 is 11.6 Å². The van der Waals surface area contributed by atoms with E-state index in [1.807, 2.05) is 31.2 Å². The summed E-state index contributed by atoms with van der Waals surface area (Å²) in [6, 6.07) is 7.31. The van der Waals surface area contributed by atoms with Gasteiger partial charge < -0.3 is 10.3 Å². The lowest BCUT2D eigenvalue weighted by Crippen LogP contribution is -2.15. The molecule has 0 unspecified atom stereocenters. The Labute approximate surface area is 121 Å². The number of rotatable bonds is 4. The van der Waals surface area contributed by atoms with E-state index in [1.165, 1.54) is 4.80 Å². The van der Waals surface area contributed by atoms with Crippen molar-refractivity contribution in [3.63, 3.8) is 0 Å². The number of imidazole rings is 1. The van der Waals surface area contributed by atoms with Gasteiger partial charge in [0.1, 0.15) is 0 Å². The highest BCUT2D eigenvalue weighted by molar-refractivity contribution is 5.92. The van der Waals surface area contributed by atoms with Crippen LogP contribution in [0.3, 0.4) is 0 Å². The molecule has 1 amide bonds. The number of benzene rings is 1. The summed E-state index contributed by atoms with van der Waals surface area (Å²) < 4.78 is 0. The number of carbonyl (C=O) groups is 1. The molecule has 0 aliphatic heterocycles. The van der Waals surface area contributed by atoms with Gasteiger partial charge in [-0.3, -0.25) is 4.79 Å². The lowest BCUT2D eigenvalue weighted by molar-refractivity contribution is -0.115. The molecule has 0 saturated carbocycles. The molecule has 2 heterocycles. The molecule has 0 fully saturated rings. The Morgan fingerprint density at radius 1 is 1.24 bits per heavy atom. The molecule has 2 aromatic heterocycles. The summed E-state index contributed by atoms with van der Waals surface area (Å²) in [7, 11) is 0. The number of nitrogens with zero attached hydrogens (tertiary/aromatic N) is 4. The maximum Gasteiger partial charge on any atom is 0.230 e. The van der Waals surface area contributed by atoms with Crippen molar-refractivity contribution in [2.45, 2.75) is 13.3 Å². The van der Waals surface area contributed by atoms with Crippen molar-refractivity contribution in [1.82, 2.24) is 25.0 Å². The van der Waals surface area contributed by atoms with Gasteiger partial charge in [-0.25, -0.2) is 4.98 Å². The zero-order chi connectivity index (χ0) is 14.7. The van der Waals surface area contributed by atoms with Gasteiger partial charge in [0.05, 0.1) is 36.5 Å². The largest absolute Gasteiger partial charge is 0.348 e. The molecular formula is C14H14N6O. The summed E-state index contributed by atoms with van der Waals surface area (Å²) in [5.41, 5.74) is 3.22. The van der Waals surface area contributed by atoms with E-state index in [0.29, 0.717) is 0 Å². The van der Waals surface area contributed by atoms with E-state index < -0.39 is 0 Å². The highest BCUT2D eigenvalue weighted by atomic mass is 16.1. The van der Waals surface area contributed by atoms with Crippen molar-refractivity contribution in [1.29, 1.82) is 0 Å². The molecule has 0 aliphatic carbocycles. The molecule has 2 N–H and O–H groups in total. The van der Waals surface area contributed by atoms with Gasteiger partial charge in [-0.05, 0) is 31.2 Å². The topological polar surface area (TPSA) is 88.5 Å². The maximum absolute atomic E-state index is 12.0. The summed E-state index contributed by atoms with van der Waals surface area (Å²) in [5, 5.41) is 10.9. The third kappa shape index (κ3) is 2.97. The minimum atomic E-state index is -0.102. The lowest BCUT2D eigenvalue weighted by atomic mass is 10.2. The lowest BCUT2D eigenvalue weighted by Gasteiger charge is -2.06. The molecule has 0 aliphatic rings. The smallest absolute Gasteiger partial charge is 0.230 e. The fourth-order valence-corrected chi connectivity index (χ4v) is 1.95. The van der Waals surface area contributed by atoms with Crippen LogP contribution in [-0.4, -0.2) is 30.9 Å². The summed E-state index contributed by atoms with van der Waals surface area (Å²) in [4.78, 5) is 20.5. The monoisotopic (exact) mass is 282 g/mol. The van der Waals surface area contributed by atoms with Crippen molar-refractivity contribution in [2.24, 2.45) is 0 Å². The van der Waals surface area contributed by atoms with Crippen LogP contribution in [0.25, 0.3) is 5.69 Å². The van der Waals surface area contributed by atoms with E-state index in [2.05, 4.69) is 25.5 Å². The van der Waals surface area contributed by atoms with Gasteiger partial charge in [0, 0.05) is 11.4 Å². The molecule has 7 heteroatoms. The van der Waals surface area contributed by atoms with E-state index in [0.717, 1.165) is 22.8 Å². The van der Waals surface area contributed by atoms with Gasteiger partial charge in [0.2, 0.25) is 5.91 Å². The van der Waals surface area contributed by atoms with E-state index in [4.69, 9.17) is 0 Å². The Kier molecular flexibility index (Phi) is 3.46. The van der Waals surface area contributed by atoms with Crippen LogP contribution in [0.4, 0.5) is 5.69 Å². The fraction of sp³-hybridized carbons (Fsp3) is 0.143. The predicted octanol–water partition coefficient (Wildman–Crippen LogP) is 1.48. The molecular weight excluding hydrogens is 268 g/mol. The second-order valence-corrected chi connectivity index (χ2v) is 4.56. The number of aromatic amines is 1. The standard InChI is InChI=1S/C14H14N6O/c1-10-13(16-9-15-10)8-14(21)19-11-2-4-12(5-3-11)20-17-6-7-18-20/h2-7,9H,8H2,1H3,(H,15,16)(H,19,21). The first kappa shape index (κ1) is 13.0. The highest BCUT2D eigenvalue weighted by Gasteiger charge is 2.08. The van der Waals surface area contributed by atoms with Gasteiger partial charge in [-0.15, -0.1) is 0 Å². The van der Waals surface area contributed by atoms with Gasteiger partial charge in [-0.1, -0.05) is 0 Å². The van der Waals surface area contributed by atoms with Crippen LogP contribution in [0.1, 0.15) is 11.4 Å². The fourth-order valence-electron chi connectivity index (χ4n) is 1.95. The van der Waals surface area contributed by atoms with Crippen molar-refractivity contribution in [3.05, 3.63) is 54.4 Å². The Morgan fingerprint density at radius 2 is 1.95 bits per heavy atom. The Morgan fingerprint density at radius 3 is 2.57 bits per heavy atom. The van der Waals surface area contributed by atoms with Crippen LogP contribution in [0, 0.1) is 6.92 Å². The molecule has 21 heavy (non-hydrogen) atoms. The number of H-pyrrole nitrogens is 1. The van der Waals surface area contributed by atoms with Crippen LogP contribution in [0.2, 0.25) is 0 Å². The van der Waals surface area contributed by atoms with E-state index in [9.17, 15) is 4.79 Å².